The highest BCUT2D eigenvalue weighted by Gasteiger charge is 2.42. The van der Waals surface area contributed by atoms with E-state index in [1.54, 1.807) is 6.33 Å². The Bertz CT molecular complexity index is 479. The van der Waals surface area contributed by atoms with Crippen LogP contribution in [0.25, 0.3) is 0 Å². The molecule has 3 unspecified atom stereocenters. The van der Waals surface area contributed by atoms with Gasteiger partial charge in [0.05, 0.1) is 6.10 Å². The lowest BCUT2D eigenvalue weighted by molar-refractivity contribution is 0.133. The van der Waals surface area contributed by atoms with Crippen molar-refractivity contribution in [1.82, 2.24) is 9.97 Å². The molecule has 20 heavy (non-hydrogen) atoms. The van der Waals surface area contributed by atoms with Crippen LogP contribution in [0.15, 0.2) is 6.33 Å². The summed E-state index contributed by atoms with van der Waals surface area (Å²) in [4.78, 5) is 11.2. The summed E-state index contributed by atoms with van der Waals surface area (Å²) in [5.41, 5.74) is 1.20. The lowest BCUT2D eigenvalue weighted by atomic mass is 10.00. The molecule has 0 aromatic carbocycles. The van der Waals surface area contributed by atoms with Crippen LogP contribution in [-0.2, 0) is 6.42 Å². The number of nitrogens with zero attached hydrogens (tertiary/aromatic N) is 3. The van der Waals surface area contributed by atoms with Crippen LogP contribution in [-0.4, -0.2) is 40.8 Å². The van der Waals surface area contributed by atoms with Crippen LogP contribution >= 0.6 is 0 Å². The summed E-state index contributed by atoms with van der Waals surface area (Å²) in [5, 5.41) is 13.4. The summed E-state index contributed by atoms with van der Waals surface area (Å²) in [6, 6.07) is 0. The Morgan fingerprint density at radius 1 is 1.30 bits per heavy atom. The molecular weight excluding hydrogens is 252 g/mol. The first-order valence-corrected chi connectivity index (χ1v) is 7.75. The van der Waals surface area contributed by atoms with Gasteiger partial charge in [-0.05, 0) is 32.1 Å². The number of aliphatic hydroxyl groups excluding tert-OH is 1. The molecule has 1 aromatic heterocycles. The molecule has 110 valence electrons. The Morgan fingerprint density at radius 3 is 2.85 bits per heavy atom. The maximum atomic E-state index is 10.1. The van der Waals surface area contributed by atoms with E-state index in [0.29, 0.717) is 11.8 Å². The maximum absolute atomic E-state index is 10.1. The van der Waals surface area contributed by atoms with Gasteiger partial charge in [0.1, 0.15) is 18.0 Å². The third kappa shape index (κ3) is 2.24. The predicted molar refractivity (Wildman–Crippen MR) is 80.0 cm³/mol. The first-order chi connectivity index (χ1) is 9.74. The van der Waals surface area contributed by atoms with Gasteiger partial charge in [-0.25, -0.2) is 9.97 Å². The third-order valence-electron chi connectivity index (χ3n) is 4.74. The summed E-state index contributed by atoms with van der Waals surface area (Å²) in [7, 11) is 0. The first-order valence-electron chi connectivity index (χ1n) is 7.75. The molecule has 1 aliphatic carbocycles. The van der Waals surface area contributed by atoms with Crippen molar-refractivity contribution < 1.29 is 5.11 Å². The number of rotatable bonds is 4. The van der Waals surface area contributed by atoms with Crippen LogP contribution in [0.5, 0.6) is 0 Å². The topological polar surface area (TPSA) is 61.3 Å². The highest BCUT2D eigenvalue weighted by atomic mass is 16.3. The summed E-state index contributed by atoms with van der Waals surface area (Å²) < 4.78 is 0. The molecule has 0 spiro atoms. The number of aromatic nitrogens is 2. The molecule has 3 atom stereocenters. The number of nitrogens with one attached hydrogen (secondary N) is 1. The minimum absolute atomic E-state index is 0.120. The minimum Gasteiger partial charge on any atom is -0.393 e. The SMILES string of the molecule is CCNc1ncnc(N2CC3CCC(O)C3C2)c1CC. The molecule has 1 saturated carbocycles. The molecular formula is C15H24N4O. The molecule has 3 rings (SSSR count). The molecule has 5 heteroatoms. The molecule has 0 radical (unpaired) electrons. The normalized spacial score (nSPS) is 28.8. The zero-order chi connectivity index (χ0) is 14.1. The number of fused-ring (bicyclic) bond motifs is 1. The second-order valence-electron chi connectivity index (χ2n) is 5.88. The molecule has 2 fully saturated rings. The van der Waals surface area contributed by atoms with Crippen LogP contribution in [0, 0.1) is 11.8 Å². The number of hydrogen-bond acceptors (Lipinski definition) is 5. The van der Waals surface area contributed by atoms with Crippen molar-refractivity contribution >= 4 is 11.6 Å². The van der Waals surface area contributed by atoms with Gasteiger partial charge in [-0.3, -0.25) is 0 Å². The number of aliphatic hydroxyl groups is 1. The van der Waals surface area contributed by atoms with Crippen LogP contribution in [0.3, 0.4) is 0 Å². The van der Waals surface area contributed by atoms with E-state index in [1.165, 1.54) is 5.56 Å². The van der Waals surface area contributed by atoms with Crippen molar-refractivity contribution in [2.45, 2.75) is 39.2 Å². The Kier molecular flexibility index (Phi) is 3.78. The molecule has 1 aromatic rings. The quantitative estimate of drug-likeness (QED) is 0.876. The lowest BCUT2D eigenvalue weighted by Crippen LogP contribution is -2.26. The van der Waals surface area contributed by atoms with E-state index in [2.05, 4.69) is 34.0 Å². The van der Waals surface area contributed by atoms with E-state index in [0.717, 1.165) is 50.5 Å². The van der Waals surface area contributed by atoms with Crippen LogP contribution < -0.4 is 10.2 Å². The number of hydrogen-bond donors (Lipinski definition) is 2. The zero-order valence-electron chi connectivity index (χ0n) is 12.3. The summed E-state index contributed by atoms with van der Waals surface area (Å²) >= 11 is 0. The maximum Gasteiger partial charge on any atom is 0.137 e. The van der Waals surface area contributed by atoms with Gasteiger partial charge in [0.2, 0.25) is 0 Å². The Morgan fingerprint density at radius 2 is 2.15 bits per heavy atom. The zero-order valence-corrected chi connectivity index (χ0v) is 12.3. The van der Waals surface area contributed by atoms with Gasteiger partial charge in [0.15, 0.2) is 0 Å². The fourth-order valence-electron chi connectivity index (χ4n) is 3.73. The second kappa shape index (κ2) is 5.56. The van der Waals surface area contributed by atoms with Gasteiger partial charge in [-0.1, -0.05) is 6.92 Å². The van der Waals surface area contributed by atoms with Crippen molar-refractivity contribution in [2.24, 2.45) is 11.8 Å². The largest absolute Gasteiger partial charge is 0.393 e. The molecule has 2 heterocycles. The summed E-state index contributed by atoms with van der Waals surface area (Å²) in [6.45, 7) is 7.05. The first kappa shape index (κ1) is 13.6. The van der Waals surface area contributed by atoms with Crippen molar-refractivity contribution in [3.8, 4) is 0 Å². The molecule has 2 N–H and O–H groups in total. The van der Waals surface area contributed by atoms with Crippen LogP contribution in [0.2, 0.25) is 0 Å². The minimum atomic E-state index is -0.120. The molecule has 5 nitrogen and oxygen atoms in total. The molecule has 0 amide bonds. The van der Waals surface area contributed by atoms with Crippen molar-refractivity contribution in [1.29, 1.82) is 0 Å². The highest BCUT2D eigenvalue weighted by Crippen LogP contribution is 2.40. The predicted octanol–water partition coefficient (Wildman–Crippen LogP) is 1.68. The second-order valence-corrected chi connectivity index (χ2v) is 5.88. The standard InChI is InChI=1S/C15H24N4O/c1-3-11-14(16-4-2)17-9-18-15(11)19-7-10-5-6-13(20)12(10)8-19/h9-10,12-13,20H,3-8H2,1-2H3,(H,16,17,18). The van der Waals surface area contributed by atoms with Gasteiger partial charge in [-0.15, -0.1) is 0 Å². The van der Waals surface area contributed by atoms with Gasteiger partial charge >= 0.3 is 0 Å². The van der Waals surface area contributed by atoms with E-state index in [1.807, 2.05) is 0 Å². The smallest absolute Gasteiger partial charge is 0.137 e. The Balaban J connectivity index is 1.86. The fourth-order valence-corrected chi connectivity index (χ4v) is 3.73. The lowest BCUT2D eigenvalue weighted by Gasteiger charge is -2.23. The molecule has 0 bridgehead atoms. The number of anilines is 2. The molecule has 2 aliphatic rings. The fraction of sp³-hybridized carbons (Fsp3) is 0.733. The van der Waals surface area contributed by atoms with Gasteiger partial charge in [0.25, 0.3) is 0 Å². The average molecular weight is 276 g/mol. The highest BCUT2D eigenvalue weighted by molar-refractivity contribution is 5.59. The summed E-state index contributed by atoms with van der Waals surface area (Å²) in [6.07, 6.45) is 4.57. The molecule has 1 aliphatic heterocycles. The Labute approximate surface area is 120 Å². The van der Waals surface area contributed by atoms with E-state index >= 15 is 0 Å². The van der Waals surface area contributed by atoms with Crippen molar-refractivity contribution in [3.05, 3.63) is 11.9 Å². The van der Waals surface area contributed by atoms with Gasteiger partial charge in [0, 0.05) is 31.1 Å². The van der Waals surface area contributed by atoms with E-state index in [4.69, 9.17) is 0 Å². The van der Waals surface area contributed by atoms with Gasteiger partial charge < -0.3 is 15.3 Å². The van der Waals surface area contributed by atoms with Crippen molar-refractivity contribution in [3.63, 3.8) is 0 Å². The molecule has 1 saturated heterocycles. The van der Waals surface area contributed by atoms with E-state index in [9.17, 15) is 5.11 Å². The van der Waals surface area contributed by atoms with Gasteiger partial charge in [-0.2, -0.15) is 0 Å². The monoisotopic (exact) mass is 276 g/mol. The third-order valence-corrected chi connectivity index (χ3v) is 4.74. The van der Waals surface area contributed by atoms with E-state index in [-0.39, 0.29) is 6.10 Å². The Hall–Kier alpha value is -1.36. The van der Waals surface area contributed by atoms with E-state index < -0.39 is 0 Å². The van der Waals surface area contributed by atoms with Crippen LogP contribution in [0.1, 0.15) is 32.3 Å². The van der Waals surface area contributed by atoms with Crippen molar-refractivity contribution in [2.75, 3.05) is 29.9 Å². The average Bonchev–Trinajstić information content (AvgIpc) is 3.01. The van der Waals surface area contributed by atoms with Crippen LogP contribution in [0.4, 0.5) is 11.6 Å². The summed E-state index contributed by atoms with van der Waals surface area (Å²) in [5.74, 6) is 3.07.